The van der Waals surface area contributed by atoms with Crippen LogP contribution in [0.3, 0.4) is 0 Å². The van der Waals surface area contributed by atoms with Gasteiger partial charge in [0.05, 0.1) is 38.1 Å². The normalized spacial score (nSPS) is 14.8. The summed E-state index contributed by atoms with van der Waals surface area (Å²) < 4.78 is 17.0. The molecule has 1 aromatic carbocycles. The zero-order chi connectivity index (χ0) is 20.1. The van der Waals surface area contributed by atoms with Crippen molar-refractivity contribution in [2.45, 2.75) is 13.3 Å². The average Bonchev–Trinajstić information content (AvgIpc) is 3.16. The van der Waals surface area contributed by atoms with Gasteiger partial charge in [-0.05, 0) is 19.4 Å². The third kappa shape index (κ3) is 4.92. The highest BCUT2D eigenvalue weighted by molar-refractivity contribution is 7.13. The van der Waals surface area contributed by atoms with E-state index in [-0.39, 0.29) is 0 Å². The van der Waals surface area contributed by atoms with Gasteiger partial charge < -0.3 is 19.5 Å². The number of ether oxygens (including phenoxy) is 3. The Morgan fingerprint density at radius 3 is 2.83 bits per heavy atom. The van der Waals surface area contributed by atoms with E-state index in [9.17, 15) is 0 Å². The minimum absolute atomic E-state index is 0.619. The lowest BCUT2D eigenvalue weighted by Gasteiger charge is -2.26. The van der Waals surface area contributed by atoms with Gasteiger partial charge in [0.25, 0.3) is 0 Å². The third-order valence-electron chi connectivity index (χ3n) is 4.75. The highest BCUT2D eigenvalue weighted by Gasteiger charge is 2.14. The molecule has 0 bridgehead atoms. The van der Waals surface area contributed by atoms with Gasteiger partial charge in [-0.2, -0.15) is 0 Å². The van der Waals surface area contributed by atoms with Crippen LogP contribution >= 0.6 is 11.3 Å². The van der Waals surface area contributed by atoms with E-state index < -0.39 is 0 Å². The van der Waals surface area contributed by atoms with Gasteiger partial charge in [-0.1, -0.05) is 0 Å². The van der Waals surface area contributed by atoms with Crippen LogP contribution in [0.15, 0.2) is 23.8 Å². The van der Waals surface area contributed by atoms with Gasteiger partial charge in [0.15, 0.2) is 16.6 Å². The molecule has 0 radical (unpaired) electrons. The molecule has 3 aromatic rings. The van der Waals surface area contributed by atoms with Gasteiger partial charge in [0.2, 0.25) is 0 Å². The van der Waals surface area contributed by atoms with E-state index in [2.05, 4.69) is 25.2 Å². The standard InChI is InChI=1S/C20H25N5O3S/c1-14-12-29-20(23-14)24-19-15-10-17(26-2)18(11-16(15)21-13-22-19)28-7-3-4-25-5-8-27-9-6-25/h10-13H,3-9H2,1-2H3,(H,21,22,23,24). The second kappa shape index (κ2) is 9.34. The number of thiazole rings is 1. The van der Waals surface area contributed by atoms with E-state index in [1.165, 1.54) is 0 Å². The van der Waals surface area contributed by atoms with Crippen LogP contribution in [0, 0.1) is 6.92 Å². The molecule has 1 fully saturated rings. The van der Waals surface area contributed by atoms with Crippen molar-refractivity contribution in [3.63, 3.8) is 0 Å². The average molecular weight is 416 g/mol. The fraction of sp³-hybridized carbons (Fsp3) is 0.450. The number of aryl methyl sites for hydroxylation is 1. The summed E-state index contributed by atoms with van der Waals surface area (Å²) in [7, 11) is 1.64. The molecule has 0 aliphatic carbocycles. The molecule has 8 nitrogen and oxygen atoms in total. The van der Waals surface area contributed by atoms with E-state index >= 15 is 0 Å². The molecular weight excluding hydrogens is 390 g/mol. The largest absolute Gasteiger partial charge is 0.493 e. The van der Waals surface area contributed by atoms with Crippen LogP contribution in [0.1, 0.15) is 12.1 Å². The summed E-state index contributed by atoms with van der Waals surface area (Å²) in [5, 5.41) is 6.92. The summed E-state index contributed by atoms with van der Waals surface area (Å²) in [6, 6.07) is 3.82. The van der Waals surface area contributed by atoms with Crippen molar-refractivity contribution >= 4 is 33.2 Å². The zero-order valence-corrected chi connectivity index (χ0v) is 17.5. The number of rotatable bonds is 8. The first-order valence-corrected chi connectivity index (χ1v) is 10.6. The third-order valence-corrected chi connectivity index (χ3v) is 5.62. The van der Waals surface area contributed by atoms with Crippen LogP contribution in [-0.2, 0) is 4.74 Å². The minimum Gasteiger partial charge on any atom is -0.493 e. The quantitative estimate of drug-likeness (QED) is 0.562. The Hall–Kier alpha value is -2.49. The Kier molecular flexibility index (Phi) is 6.38. The number of anilines is 2. The van der Waals surface area contributed by atoms with Crippen molar-refractivity contribution in [2.24, 2.45) is 0 Å². The topological polar surface area (TPSA) is 81.6 Å². The monoisotopic (exact) mass is 415 g/mol. The molecule has 0 spiro atoms. The van der Waals surface area contributed by atoms with E-state index in [1.807, 2.05) is 24.4 Å². The number of hydrogen-bond donors (Lipinski definition) is 1. The second-order valence-electron chi connectivity index (χ2n) is 6.82. The summed E-state index contributed by atoms with van der Waals surface area (Å²) in [4.78, 5) is 15.6. The van der Waals surface area contributed by atoms with Crippen molar-refractivity contribution < 1.29 is 14.2 Å². The summed E-state index contributed by atoms with van der Waals surface area (Å²) in [6.45, 7) is 7.20. The maximum atomic E-state index is 6.01. The van der Waals surface area contributed by atoms with Gasteiger partial charge in [-0.25, -0.2) is 15.0 Å². The first kappa shape index (κ1) is 19.8. The Balaban J connectivity index is 1.46. The van der Waals surface area contributed by atoms with Crippen LogP contribution in [0.25, 0.3) is 10.9 Å². The summed E-state index contributed by atoms with van der Waals surface area (Å²) >= 11 is 1.54. The van der Waals surface area contributed by atoms with E-state index in [0.29, 0.717) is 23.9 Å². The van der Waals surface area contributed by atoms with Gasteiger partial charge in [-0.3, -0.25) is 4.90 Å². The van der Waals surface area contributed by atoms with Crippen LogP contribution in [0.4, 0.5) is 10.9 Å². The molecule has 1 aliphatic rings. The zero-order valence-electron chi connectivity index (χ0n) is 16.7. The predicted octanol–water partition coefficient (Wildman–Crippen LogP) is 3.25. The van der Waals surface area contributed by atoms with Crippen molar-refractivity contribution in [3.8, 4) is 11.5 Å². The molecule has 0 unspecified atom stereocenters. The SMILES string of the molecule is COc1cc2c(Nc3nc(C)cs3)ncnc2cc1OCCCN1CCOCC1. The number of fused-ring (bicyclic) bond motifs is 1. The highest BCUT2D eigenvalue weighted by atomic mass is 32.1. The number of methoxy groups -OCH3 is 1. The number of morpholine rings is 1. The van der Waals surface area contributed by atoms with E-state index in [0.717, 1.165) is 61.0 Å². The Labute approximate surface area is 173 Å². The Bertz CT molecular complexity index is 958. The summed E-state index contributed by atoms with van der Waals surface area (Å²) in [5.74, 6) is 2.05. The van der Waals surface area contributed by atoms with Gasteiger partial charge in [0, 0.05) is 36.5 Å². The highest BCUT2D eigenvalue weighted by Crippen LogP contribution is 2.35. The maximum Gasteiger partial charge on any atom is 0.188 e. The number of nitrogens with zero attached hydrogens (tertiary/aromatic N) is 4. The molecule has 4 rings (SSSR count). The smallest absolute Gasteiger partial charge is 0.188 e. The summed E-state index contributed by atoms with van der Waals surface area (Å²) in [5.41, 5.74) is 1.76. The number of benzene rings is 1. The Morgan fingerprint density at radius 1 is 1.21 bits per heavy atom. The van der Waals surface area contributed by atoms with Gasteiger partial charge >= 0.3 is 0 Å². The lowest BCUT2D eigenvalue weighted by atomic mass is 10.2. The van der Waals surface area contributed by atoms with Gasteiger partial charge in [-0.15, -0.1) is 11.3 Å². The number of hydrogen-bond acceptors (Lipinski definition) is 9. The molecule has 9 heteroatoms. The van der Waals surface area contributed by atoms with Crippen LogP contribution in [0.5, 0.6) is 11.5 Å². The van der Waals surface area contributed by atoms with E-state index in [4.69, 9.17) is 14.2 Å². The van der Waals surface area contributed by atoms with Crippen molar-refractivity contribution in [1.82, 2.24) is 19.9 Å². The van der Waals surface area contributed by atoms with E-state index in [1.54, 1.807) is 24.8 Å². The lowest BCUT2D eigenvalue weighted by molar-refractivity contribution is 0.0357. The van der Waals surface area contributed by atoms with Gasteiger partial charge in [0.1, 0.15) is 12.1 Å². The second-order valence-corrected chi connectivity index (χ2v) is 7.68. The molecule has 29 heavy (non-hydrogen) atoms. The number of nitrogens with one attached hydrogen (secondary N) is 1. The predicted molar refractivity (Wildman–Crippen MR) is 114 cm³/mol. The summed E-state index contributed by atoms with van der Waals surface area (Å²) in [6.07, 6.45) is 2.49. The molecule has 1 saturated heterocycles. The molecular formula is C20H25N5O3S. The fourth-order valence-corrected chi connectivity index (χ4v) is 3.93. The van der Waals surface area contributed by atoms with Crippen molar-refractivity contribution in [1.29, 1.82) is 0 Å². The molecule has 154 valence electrons. The maximum absolute atomic E-state index is 6.01. The molecule has 1 aliphatic heterocycles. The molecule has 0 amide bonds. The van der Waals surface area contributed by atoms with Crippen LogP contribution in [-0.4, -0.2) is 66.4 Å². The first-order chi connectivity index (χ1) is 14.2. The first-order valence-electron chi connectivity index (χ1n) is 9.68. The van der Waals surface area contributed by atoms with Crippen LogP contribution < -0.4 is 14.8 Å². The fourth-order valence-electron chi connectivity index (χ4n) is 3.24. The minimum atomic E-state index is 0.619. The number of aromatic nitrogens is 3. The van der Waals surface area contributed by atoms with Crippen molar-refractivity contribution in [2.75, 3.05) is 51.9 Å². The molecule has 1 N–H and O–H groups in total. The molecule has 0 atom stereocenters. The lowest BCUT2D eigenvalue weighted by Crippen LogP contribution is -2.37. The van der Waals surface area contributed by atoms with Crippen molar-refractivity contribution in [3.05, 3.63) is 29.5 Å². The molecule has 0 saturated carbocycles. The molecule has 2 aromatic heterocycles. The Morgan fingerprint density at radius 2 is 2.07 bits per heavy atom. The molecule has 3 heterocycles. The van der Waals surface area contributed by atoms with Crippen LogP contribution in [0.2, 0.25) is 0 Å².